The predicted molar refractivity (Wildman–Crippen MR) is 65.0 cm³/mol. The predicted octanol–water partition coefficient (Wildman–Crippen LogP) is 0.266. The van der Waals surface area contributed by atoms with Crippen LogP contribution in [0.3, 0.4) is 0 Å². The molecule has 2 aromatic heterocycles. The average Bonchev–Trinajstić information content (AvgIpc) is 2.96. The zero-order valence-corrected chi connectivity index (χ0v) is 11.1. The minimum absolute atomic E-state index is 0.572. The van der Waals surface area contributed by atoms with Crippen LogP contribution in [0.15, 0.2) is 9.68 Å². The van der Waals surface area contributed by atoms with Gasteiger partial charge in [0.1, 0.15) is 0 Å². The van der Waals surface area contributed by atoms with Gasteiger partial charge in [-0.1, -0.05) is 23.8 Å². The maximum Gasteiger partial charge on any atom is 0.237 e. The van der Waals surface area contributed by atoms with E-state index in [2.05, 4.69) is 37.9 Å². The third-order valence-electron chi connectivity index (χ3n) is 2.14. The molecule has 0 spiro atoms. The molecule has 0 aliphatic rings. The van der Waals surface area contributed by atoms with Crippen molar-refractivity contribution in [2.24, 2.45) is 0 Å². The highest BCUT2D eigenvalue weighted by Gasteiger charge is 2.09. The van der Waals surface area contributed by atoms with Gasteiger partial charge in [-0.05, 0) is 23.9 Å². The molecule has 0 saturated carbocycles. The topological polar surface area (TPSA) is 94.6 Å². The van der Waals surface area contributed by atoms with Crippen molar-refractivity contribution in [2.45, 2.75) is 31.3 Å². The number of likely N-dealkylation sites (N-methyl/N-ethyl adjacent to an activating group) is 1. The van der Waals surface area contributed by atoms with Gasteiger partial charge in [-0.15, -0.1) is 5.10 Å². The van der Waals surface area contributed by atoms with E-state index < -0.39 is 0 Å². The van der Waals surface area contributed by atoms with Crippen LogP contribution < -0.4 is 5.32 Å². The summed E-state index contributed by atoms with van der Waals surface area (Å²) in [6.07, 6.45) is 0. The minimum atomic E-state index is 0.572. The van der Waals surface area contributed by atoms with Crippen LogP contribution in [0.2, 0.25) is 0 Å². The molecule has 0 atom stereocenters. The molecule has 2 heterocycles. The van der Waals surface area contributed by atoms with E-state index in [1.165, 1.54) is 11.8 Å². The van der Waals surface area contributed by atoms with E-state index in [4.69, 9.17) is 4.52 Å². The fourth-order valence-corrected chi connectivity index (χ4v) is 2.07. The van der Waals surface area contributed by atoms with Gasteiger partial charge in [0.15, 0.2) is 5.82 Å². The number of aryl methyl sites for hydroxylation is 1. The van der Waals surface area contributed by atoms with Crippen molar-refractivity contribution in [1.82, 2.24) is 35.7 Å². The highest BCUT2D eigenvalue weighted by Crippen LogP contribution is 2.18. The molecule has 0 bridgehead atoms. The second-order valence-corrected chi connectivity index (χ2v) is 4.50. The Hall–Kier alpha value is -1.48. The van der Waals surface area contributed by atoms with Crippen LogP contribution in [-0.4, -0.2) is 43.4 Å². The maximum absolute atomic E-state index is 5.03. The Morgan fingerprint density at radius 3 is 3.06 bits per heavy atom. The third kappa shape index (κ3) is 3.50. The number of nitrogens with zero attached hydrogens (tertiary/aromatic N) is 6. The first-order chi connectivity index (χ1) is 8.79. The Bertz CT molecular complexity index is 483. The van der Waals surface area contributed by atoms with Crippen LogP contribution >= 0.6 is 11.8 Å². The normalized spacial score (nSPS) is 11.0. The van der Waals surface area contributed by atoms with Gasteiger partial charge in [-0.3, -0.25) is 0 Å². The quantitative estimate of drug-likeness (QED) is 0.565. The molecule has 9 heteroatoms. The molecule has 0 saturated heterocycles. The molecule has 0 radical (unpaired) electrons. The maximum atomic E-state index is 5.03. The van der Waals surface area contributed by atoms with E-state index in [0.717, 1.165) is 24.8 Å². The van der Waals surface area contributed by atoms with Gasteiger partial charge in [0.2, 0.25) is 11.0 Å². The number of nitrogens with one attached hydrogen (secondary N) is 1. The molecule has 8 nitrogen and oxygen atoms in total. The lowest BCUT2D eigenvalue weighted by Gasteiger charge is -2.03. The smallest absolute Gasteiger partial charge is 0.237 e. The molecule has 0 fully saturated rings. The van der Waals surface area contributed by atoms with Gasteiger partial charge in [0.05, 0.1) is 12.3 Å². The summed E-state index contributed by atoms with van der Waals surface area (Å²) in [6.45, 7) is 6.37. The van der Waals surface area contributed by atoms with E-state index in [-0.39, 0.29) is 0 Å². The minimum Gasteiger partial charge on any atom is -0.338 e. The SMILES string of the molecule is CCNCCn1nnnc1SCc1nc(C)no1. The number of hydrogen-bond acceptors (Lipinski definition) is 8. The molecule has 0 amide bonds. The molecular weight excluding hydrogens is 254 g/mol. The second-order valence-electron chi connectivity index (χ2n) is 3.56. The largest absolute Gasteiger partial charge is 0.338 e. The van der Waals surface area contributed by atoms with Crippen molar-refractivity contribution in [1.29, 1.82) is 0 Å². The van der Waals surface area contributed by atoms with Crippen LogP contribution in [0.4, 0.5) is 0 Å². The monoisotopic (exact) mass is 269 g/mol. The zero-order chi connectivity index (χ0) is 12.8. The molecular formula is C9H15N7OS. The first-order valence-corrected chi connectivity index (χ1v) is 6.67. The molecule has 2 rings (SSSR count). The average molecular weight is 269 g/mol. The summed E-state index contributed by atoms with van der Waals surface area (Å²) in [5.41, 5.74) is 0. The van der Waals surface area contributed by atoms with Gasteiger partial charge in [-0.25, -0.2) is 4.68 Å². The summed E-state index contributed by atoms with van der Waals surface area (Å²) >= 11 is 1.48. The van der Waals surface area contributed by atoms with E-state index >= 15 is 0 Å². The fraction of sp³-hybridized carbons (Fsp3) is 0.667. The summed E-state index contributed by atoms with van der Waals surface area (Å²) in [6, 6.07) is 0. The molecule has 0 aromatic carbocycles. The van der Waals surface area contributed by atoms with Gasteiger partial charge in [0, 0.05) is 6.54 Å². The van der Waals surface area contributed by atoms with Gasteiger partial charge < -0.3 is 9.84 Å². The number of tetrazole rings is 1. The Labute approximate surface area is 109 Å². The fourth-order valence-electron chi connectivity index (χ4n) is 1.33. The number of thioether (sulfide) groups is 1. The summed E-state index contributed by atoms with van der Waals surface area (Å²) in [7, 11) is 0. The molecule has 1 N–H and O–H groups in total. The van der Waals surface area contributed by atoms with Crippen molar-refractivity contribution >= 4 is 11.8 Å². The van der Waals surface area contributed by atoms with Crippen LogP contribution in [0, 0.1) is 6.92 Å². The first kappa shape index (κ1) is 13.0. The molecule has 0 unspecified atom stereocenters. The lowest BCUT2D eigenvalue weighted by molar-refractivity contribution is 0.387. The van der Waals surface area contributed by atoms with Crippen molar-refractivity contribution < 1.29 is 4.52 Å². The highest BCUT2D eigenvalue weighted by atomic mass is 32.2. The molecule has 18 heavy (non-hydrogen) atoms. The molecule has 98 valence electrons. The van der Waals surface area contributed by atoms with Crippen molar-refractivity contribution in [3.8, 4) is 0 Å². The first-order valence-electron chi connectivity index (χ1n) is 5.68. The van der Waals surface area contributed by atoms with E-state index in [0.29, 0.717) is 17.5 Å². The van der Waals surface area contributed by atoms with Crippen LogP contribution in [0.25, 0.3) is 0 Å². The number of hydrogen-bond donors (Lipinski definition) is 1. The Morgan fingerprint density at radius 2 is 2.33 bits per heavy atom. The summed E-state index contributed by atoms with van der Waals surface area (Å²) in [4.78, 5) is 4.13. The molecule has 2 aromatic rings. The summed E-state index contributed by atoms with van der Waals surface area (Å²) < 4.78 is 6.79. The van der Waals surface area contributed by atoms with Gasteiger partial charge >= 0.3 is 0 Å². The highest BCUT2D eigenvalue weighted by molar-refractivity contribution is 7.98. The van der Waals surface area contributed by atoms with Gasteiger partial charge in [0.25, 0.3) is 0 Å². The van der Waals surface area contributed by atoms with Crippen LogP contribution in [0.5, 0.6) is 0 Å². The Morgan fingerprint density at radius 1 is 1.44 bits per heavy atom. The number of rotatable bonds is 7. The summed E-state index contributed by atoms with van der Waals surface area (Å²) in [5, 5.41) is 19.3. The zero-order valence-electron chi connectivity index (χ0n) is 10.3. The van der Waals surface area contributed by atoms with E-state index in [9.17, 15) is 0 Å². The van der Waals surface area contributed by atoms with Crippen LogP contribution in [-0.2, 0) is 12.3 Å². The molecule has 0 aliphatic heterocycles. The van der Waals surface area contributed by atoms with E-state index in [1.54, 1.807) is 11.6 Å². The van der Waals surface area contributed by atoms with Crippen LogP contribution in [0.1, 0.15) is 18.6 Å². The Kier molecular flexibility index (Phi) is 4.65. The van der Waals surface area contributed by atoms with Gasteiger partial charge in [-0.2, -0.15) is 4.98 Å². The van der Waals surface area contributed by atoms with Crippen molar-refractivity contribution in [3.63, 3.8) is 0 Å². The Balaban J connectivity index is 1.87. The second kappa shape index (κ2) is 6.45. The molecule has 0 aliphatic carbocycles. The summed E-state index contributed by atoms with van der Waals surface area (Å²) in [5.74, 6) is 1.79. The number of aromatic nitrogens is 6. The third-order valence-corrected chi connectivity index (χ3v) is 3.09. The van der Waals surface area contributed by atoms with E-state index in [1.807, 2.05) is 0 Å². The lowest BCUT2D eigenvalue weighted by atomic mass is 10.6. The van der Waals surface area contributed by atoms with Crippen molar-refractivity contribution in [2.75, 3.05) is 13.1 Å². The lowest BCUT2D eigenvalue weighted by Crippen LogP contribution is -2.20. The van der Waals surface area contributed by atoms with Crippen molar-refractivity contribution in [3.05, 3.63) is 11.7 Å². The standard InChI is InChI=1S/C9H15N7OS/c1-3-10-4-5-16-9(12-14-15-16)18-6-8-11-7(2)13-17-8/h10H,3-6H2,1-2H3.